The molecule has 2 N–H and O–H groups in total. The minimum Gasteiger partial charge on any atom is -0.376 e. The van der Waals surface area contributed by atoms with E-state index in [0.29, 0.717) is 12.5 Å². The summed E-state index contributed by atoms with van der Waals surface area (Å²) < 4.78 is 5.81. The van der Waals surface area contributed by atoms with Crippen LogP contribution in [0.5, 0.6) is 0 Å². The normalized spacial score (nSPS) is 28.0. The third-order valence-electron chi connectivity index (χ3n) is 3.05. The van der Waals surface area contributed by atoms with Crippen molar-refractivity contribution in [1.29, 1.82) is 0 Å². The van der Waals surface area contributed by atoms with Crippen LogP contribution in [0.25, 0.3) is 0 Å². The van der Waals surface area contributed by atoms with Crippen LogP contribution in [0, 0.1) is 11.8 Å². The molecule has 3 nitrogen and oxygen atoms in total. The summed E-state index contributed by atoms with van der Waals surface area (Å²) in [6.07, 6.45) is 4.97. The van der Waals surface area contributed by atoms with Crippen molar-refractivity contribution in [1.82, 2.24) is 0 Å². The number of hydrogen-bond acceptors (Lipinski definition) is 3. The molecule has 0 amide bonds. The summed E-state index contributed by atoms with van der Waals surface area (Å²) in [6.45, 7) is 7.95. The fraction of sp³-hybridized carbons (Fsp3) is 1.00. The van der Waals surface area contributed by atoms with E-state index >= 15 is 0 Å². The Kier molecular flexibility index (Phi) is 5.03. The molecule has 0 aromatic carbocycles. The van der Waals surface area contributed by atoms with Crippen LogP contribution in [0.15, 0.2) is 0 Å². The van der Waals surface area contributed by atoms with E-state index in [0.717, 1.165) is 12.5 Å². The maximum Gasteiger partial charge on any atom is 0.0707 e. The SMILES string of the molecule is CC(C)(C)OCC1CCC(CON)CC1. The summed E-state index contributed by atoms with van der Waals surface area (Å²) in [5, 5.41) is 0. The zero-order chi connectivity index (χ0) is 11.3. The van der Waals surface area contributed by atoms with E-state index in [1.165, 1.54) is 25.7 Å². The second-order valence-electron chi connectivity index (χ2n) is 5.64. The van der Waals surface area contributed by atoms with Crippen LogP contribution in [-0.4, -0.2) is 18.8 Å². The summed E-state index contributed by atoms with van der Waals surface area (Å²) in [7, 11) is 0. The average Bonchev–Trinajstić information content (AvgIpc) is 2.16. The maximum atomic E-state index is 5.81. The van der Waals surface area contributed by atoms with E-state index in [2.05, 4.69) is 20.8 Å². The van der Waals surface area contributed by atoms with Gasteiger partial charge in [-0.15, -0.1) is 0 Å². The summed E-state index contributed by atoms with van der Waals surface area (Å²) >= 11 is 0. The average molecular weight is 215 g/mol. The van der Waals surface area contributed by atoms with Gasteiger partial charge in [0.05, 0.1) is 18.8 Å². The van der Waals surface area contributed by atoms with Crippen LogP contribution in [0.1, 0.15) is 46.5 Å². The first kappa shape index (κ1) is 12.9. The lowest BCUT2D eigenvalue weighted by Gasteiger charge is -2.30. The Balaban J connectivity index is 2.15. The fourth-order valence-corrected chi connectivity index (χ4v) is 2.07. The molecule has 1 rings (SSSR count). The third kappa shape index (κ3) is 5.50. The van der Waals surface area contributed by atoms with Crippen molar-refractivity contribution in [2.24, 2.45) is 17.7 Å². The van der Waals surface area contributed by atoms with Crippen LogP contribution in [0.3, 0.4) is 0 Å². The minimum atomic E-state index is -0.00276. The van der Waals surface area contributed by atoms with Crippen molar-refractivity contribution >= 4 is 0 Å². The van der Waals surface area contributed by atoms with Crippen molar-refractivity contribution < 1.29 is 9.57 Å². The van der Waals surface area contributed by atoms with Crippen LogP contribution < -0.4 is 5.90 Å². The van der Waals surface area contributed by atoms with Gasteiger partial charge in [-0.3, -0.25) is 0 Å². The van der Waals surface area contributed by atoms with E-state index in [4.69, 9.17) is 15.5 Å². The predicted octanol–water partition coefficient (Wildman–Crippen LogP) is 2.50. The molecule has 0 atom stereocenters. The van der Waals surface area contributed by atoms with Gasteiger partial charge >= 0.3 is 0 Å². The summed E-state index contributed by atoms with van der Waals surface area (Å²) in [6, 6.07) is 0. The van der Waals surface area contributed by atoms with E-state index in [1.807, 2.05) is 0 Å². The van der Waals surface area contributed by atoms with Crippen molar-refractivity contribution in [2.75, 3.05) is 13.2 Å². The lowest BCUT2D eigenvalue weighted by atomic mass is 9.83. The second-order valence-corrected chi connectivity index (χ2v) is 5.64. The van der Waals surface area contributed by atoms with Gasteiger partial charge in [-0.25, -0.2) is 5.90 Å². The number of rotatable bonds is 4. The van der Waals surface area contributed by atoms with Crippen LogP contribution in [0.4, 0.5) is 0 Å². The van der Waals surface area contributed by atoms with Gasteiger partial charge in [0, 0.05) is 0 Å². The largest absolute Gasteiger partial charge is 0.376 e. The first-order chi connectivity index (χ1) is 7.01. The molecular weight excluding hydrogens is 190 g/mol. The third-order valence-corrected chi connectivity index (χ3v) is 3.05. The molecule has 0 bridgehead atoms. The van der Waals surface area contributed by atoms with Gasteiger partial charge in [-0.1, -0.05) is 0 Å². The van der Waals surface area contributed by atoms with Crippen LogP contribution in [0.2, 0.25) is 0 Å². The molecule has 0 unspecified atom stereocenters. The Morgan fingerprint density at radius 3 is 1.87 bits per heavy atom. The molecule has 15 heavy (non-hydrogen) atoms. The predicted molar refractivity (Wildman–Crippen MR) is 61.3 cm³/mol. The number of ether oxygens (including phenoxy) is 1. The Morgan fingerprint density at radius 1 is 1.00 bits per heavy atom. The molecule has 0 radical (unpaired) electrons. The first-order valence-corrected chi connectivity index (χ1v) is 5.97. The van der Waals surface area contributed by atoms with Gasteiger partial charge in [0.2, 0.25) is 0 Å². The topological polar surface area (TPSA) is 44.5 Å². The smallest absolute Gasteiger partial charge is 0.0707 e. The molecule has 0 spiro atoms. The van der Waals surface area contributed by atoms with Gasteiger partial charge in [0.15, 0.2) is 0 Å². The second kappa shape index (κ2) is 5.83. The molecule has 0 heterocycles. The fourth-order valence-electron chi connectivity index (χ4n) is 2.07. The van der Waals surface area contributed by atoms with Crippen molar-refractivity contribution in [3.63, 3.8) is 0 Å². The van der Waals surface area contributed by atoms with Gasteiger partial charge in [-0.05, 0) is 58.3 Å². The summed E-state index contributed by atoms with van der Waals surface area (Å²) in [4.78, 5) is 4.70. The summed E-state index contributed by atoms with van der Waals surface area (Å²) in [5.74, 6) is 6.49. The van der Waals surface area contributed by atoms with Gasteiger partial charge in [0.1, 0.15) is 0 Å². The molecular formula is C12H25NO2. The number of hydrogen-bond donors (Lipinski definition) is 1. The zero-order valence-electron chi connectivity index (χ0n) is 10.3. The molecule has 1 fully saturated rings. The first-order valence-electron chi connectivity index (χ1n) is 5.97. The molecule has 3 heteroatoms. The molecule has 0 aromatic heterocycles. The Hall–Kier alpha value is -0.120. The Morgan fingerprint density at radius 2 is 1.47 bits per heavy atom. The summed E-state index contributed by atoms with van der Waals surface area (Å²) in [5.41, 5.74) is -0.00276. The van der Waals surface area contributed by atoms with Gasteiger partial charge in [0.25, 0.3) is 0 Å². The van der Waals surface area contributed by atoms with Gasteiger partial charge < -0.3 is 9.57 Å². The van der Waals surface area contributed by atoms with Gasteiger partial charge in [-0.2, -0.15) is 0 Å². The van der Waals surface area contributed by atoms with Crippen LogP contribution >= 0.6 is 0 Å². The zero-order valence-corrected chi connectivity index (χ0v) is 10.3. The van der Waals surface area contributed by atoms with Crippen LogP contribution in [-0.2, 0) is 9.57 Å². The minimum absolute atomic E-state index is 0.00276. The molecule has 1 saturated carbocycles. The van der Waals surface area contributed by atoms with Crippen molar-refractivity contribution in [2.45, 2.75) is 52.1 Å². The lowest BCUT2D eigenvalue weighted by molar-refractivity contribution is -0.0330. The molecule has 0 saturated heterocycles. The lowest BCUT2D eigenvalue weighted by Crippen LogP contribution is -2.27. The van der Waals surface area contributed by atoms with E-state index < -0.39 is 0 Å². The quantitative estimate of drug-likeness (QED) is 0.733. The standard InChI is InChI=1S/C12H25NO2/c1-12(2,3)14-8-10-4-6-11(7-5-10)9-15-13/h10-11H,4-9,13H2,1-3H3. The monoisotopic (exact) mass is 215 g/mol. The van der Waals surface area contributed by atoms with Crippen molar-refractivity contribution in [3.8, 4) is 0 Å². The highest BCUT2D eigenvalue weighted by atomic mass is 16.6. The molecule has 0 aliphatic heterocycles. The molecule has 1 aliphatic carbocycles. The Labute approximate surface area is 93.3 Å². The molecule has 1 aliphatic rings. The maximum absolute atomic E-state index is 5.81. The highest BCUT2D eigenvalue weighted by molar-refractivity contribution is 4.73. The van der Waals surface area contributed by atoms with E-state index in [-0.39, 0.29) is 5.60 Å². The Bertz CT molecular complexity index is 169. The highest BCUT2D eigenvalue weighted by Gasteiger charge is 2.22. The highest BCUT2D eigenvalue weighted by Crippen LogP contribution is 2.29. The van der Waals surface area contributed by atoms with Crippen molar-refractivity contribution in [3.05, 3.63) is 0 Å². The van der Waals surface area contributed by atoms with E-state index in [1.54, 1.807) is 0 Å². The number of nitrogens with two attached hydrogens (primary N) is 1. The van der Waals surface area contributed by atoms with E-state index in [9.17, 15) is 0 Å². The molecule has 90 valence electrons. The molecule has 0 aromatic rings.